The van der Waals surface area contributed by atoms with E-state index in [1.54, 1.807) is 6.20 Å². The van der Waals surface area contributed by atoms with Gasteiger partial charge in [-0.1, -0.05) is 0 Å². The van der Waals surface area contributed by atoms with Gasteiger partial charge < -0.3 is 21.3 Å². The van der Waals surface area contributed by atoms with E-state index in [0.717, 1.165) is 53.2 Å². The third kappa shape index (κ3) is 3.74. The first kappa shape index (κ1) is 16.3. The Morgan fingerprint density at radius 3 is 2.92 bits per heavy atom. The number of aromatic nitrogens is 2. The van der Waals surface area contributed by atoms with Crippen LogP contribution in [0.2, 0.25) is 0 Å². The fourth-order valence-corrected chi connectivity index (χ4v) is 3.43. The van der Waals surface area contributed by atoms with E-state index in [0.29, 0.717) is 18.4 Å². The van der Waals surface area contributed by atoms with Gasteiger partial charge in [-0.2, -0.15) is 4.98 Å². The van der Waals surface area contributed by atoms with Crippen molar-refractivity contribution < 1.29 is 4.79 Å². The maximum Gasteiger partial charge on any atom is 0.229 e. The van der Waals surface area contributed by atoms with E-state index in [4.69, 9.17) is 0 Å². The maximum atomic E-state index is 11.5. The Morgan fingerprint density at radius 2 is 2.08 bits per heavy atom. The Labute approximate surface area is 154 Å². The minimum absolute atomic E-state index is 0.0282. The van der Waals surface area contributed by atoms with Crippen molar-refractivity contribution in [3.8, 4) is 0 Å². The van der Waals surface area contributed by atoms with Crippen LogP contribution in [0.5, 0.6) is 0 Å². The minimum Gasteiger partial charge on any atom is -0.366 e. The fraction of sp³-hybridized carbons (Fsp3) is 0.353. The van der Waals surface area contributed by atoms with Crippen LogP contribution in [-0.4, -0.2) is 35.0 Å². The molecule has 0 radical (unpaired) electrons. The Bertz CT molecular complexity index is 806. The monoisotopic (exact) mass is 402 g/mol. The Morgan fingerprint density at radius 1 is 1.24 bits per heavy atom. The predicted octanol–water partition coefficient (Wildman–Crippen LogP) is 2.64. The van der Waals surface area contributed by atoms with Crippen molar-refractivity contribution in [2.24, 2.45) is 0 Å². The van der Waals surface area contributed by atoms with Gasteiger partial charge in [0.15, 0.2) is 0 Å². The van der Waals surface area contributed by atoms with Gasteiger partial charge in [0.25, 0.3) is 0 Å². The molecule has 0 unspecified atom stereocenters. The second kappa shape index (κ2) is 6.97. The lowest BCUT2D eigenvalue weighted by Gasteiger charge is -2.24. The van der Waals surface area contributed by atoms with Gasteiger partial charge in [-0.3, -0.25) is 4.79 Å². The summed E-state index contributed by atoms with van der Waals surface area (Å²) < 4.78 is 0.848. The number of hydrogen-bond donors (Lipinski definition) is 4. The highest BCUT2D eigenvalue weighted by molar-refractivity contribution is 9.10. The molecule has 4 N–H and O–H groups in total. The first-order chi connectivity index (χ1) is 12.2. The molecule has 0 aliphatic carbocycles. The highest BCUT2D eigenvalue weighted by Crippen LogP contribution is 2.28. The zero-order valence-corrected chi connectivity index (χ0v) is 15.2. The smallest absolute Gasteiger partial charge is 0.229 e. The molecule has 1 saturated heterocycles. The van der Waals surface area contributed by atoms with Gasteiger partial charge in [0, 0.05) is 23.6 Å². The molecule has 1 amide bonds. The van der Waals surface area contributed by atoms with Gasteiger partial charge in [-0.25, -0.2) is 4.98 Å². The first-order valence-electron chi connectivity index (χ1n) is 8.37. The van der Waals surface area contributed by atoms with Crippen molar-refractivity contribution in [2.75, 3.05) is 29.0 Å². The summed E-state index contributed by atoms with van der Waals surface area (Å²) in [6, 6.07) is 6.18. The molecule has 2 aliphatic rings. The number of piperidine rings is 1. The van der Waals surface area contributed by atoms with Crippen LogP contribution < -0.4 is 21.3 Å². The second-order valence-corrected chi connectivity index (χ2v) is 7.13. The fourth-order valence-electron chi connectivity index (χ4n) is 3.12. The van der Waals surface area contributed by atoms with Gasteiger partial charge >= 0.3 is 0 Å². The van der Waals surface area contributed by atoms with Crippen LogP contribution in [0.1, 0.15) is 18.4 Å². The number of hydrogen-bond acceptors (Lipinski definition) is 6. The van der Waals surface area contributed by atoms with Crippen molar-refractivity contribution in [3.63, 3.8) is 0 Å². The third-order valence-corrected chi connectivity index (χ3v) is 4.99. The highest BCUT2D eigenvalue weighted by atomic mass is 79.9. The number of halogens is 1. The van der Waals surface area contributed by atoms with Crippen molar-refractivity contribution in [1.29, 1.82) is 0 Å². The lowest BCUT2D eigenvalue weighted by Crippen LogP contribution is -2.35. The van der Waals surface area contributed by atoms with Crippen LogP contribution in [0.3, 0.4) is 0 Å². The van der Waals surface area contributed by atoms with E-state index in [1.807, 2.05) is 18.2 Å². The first-order valence-corrected chi connectivity index (χ1v) is 9.16. The summed E-state index contributed by atoms with van der Waals surface area (Å²) in [5.41, 5.74) is 2.73. The van der Waals surface area contributed by atoms with Crippen LogP contribution in [0.25, 0.3) is 0 Å². The van der Waals surface area contributed by atoms with E-state index < -0.39 is 0 Å². The molecule has 0 bridgehead atoms. The molecule has 3 heterocycles. The summed E-state index contributed by atoms with van der Waals surface area (Å²) >= 11 is 3.51. The number of carbonyl (C=O) groups excluding carboxylic acids is 1. The Hall–Kier alpha value is -2.19. The normalized spacial score (nSPS) is 17.1. The molecule has 1 aromatic carbocycles. The zero-order valence-electron chi connectivity index (χ0n) is 13.6. The maximum absolute atomic E-state index is 11.5. The summed E-state index contributed by atoms with van der Waals surface area (Å²) in [7, 11) is 0. The van der Waals surface area contributed by atoms with Crippen molar-refractivity contribution in [3.05, 3.63) is 34.4 Å². The molecule has 2 aromatic rings. The van der Waals surface area contributed by atoms with Crippen LogP contribution in [0.15, 0.2) is 28.9 Å². The van der Waals surface area contributed by atoms with Crippen molar-refractivity contribution in [2.45, 2.75) is 25.3 Å². The predicted molar refractivity (Wildman–Crippen MR) is 101 cm³/mol. The summed E-state index contributed by atoms with van der Waals surface area (Å²) in [6.07, 6.45) is 4.31. The van der Waals surface area contributed by atoms with Crippen molar-refractivity contribution >= 4 is 45.0 Å². The molecular formula is C17H19BrN6O. The molecule has 0 spiro atoms. The number of fused-ring (bicyclic) bond motifs is 1. The molecule has 8 heteroatoms. The molecule has 1 fully saturated rings. The van der Waals surface area contributed by atoms with E-state index in [2.05, 4.69) is 47.2 Å². The molecule has 2 aliphatic heterocycles. The van der Waals surface area contributed by atoms with E-state index in [9.17, 15) is 4.79 Å². The average molecular weight is 403 g/mol. The number of nitrogens with one attached hydrogen (secondary N) is 4. The average Bonchev–Trinajstić information content (AvgIpc) is 2.98. The Balaban J connectivity index is 1.50. The third-order valence-electron chi connectivity index (χ3n) is 4.41. The molecule has 0 saturated carbocycles. The standard InChI is InChI=1S/C17H19BrN6O/c18-13-9-20-17(24-16(13)21-11-3-5-19-6-4-11)22-12-1-2-14-10(7-12)8-15(25)23-14/h1-2,7,9,11,19H,3-6,8H2,(H,23,25)(H2,20,21,22,24). The van der Waals surface area contributed by atoms with E-state index in [1.165, 1.54) is 0 Å². The summed E-state index contributed by atoms with van der Waals surface area (Å²) in [5, 5.41) is 12.9. The van der Waals surface area contributed by atoms with Crippen molar-refractivity contribution in [1.82, 2.24) is 15.3 Å². The largest absolute Gasteiger partial charge is 0.366 e. The molecule has 130 valence electrons. The second-order valence-electron chi connectivity index (χ2n) is 6.28. The SMILES string of the molecule is O=C1Cc2cc(Nc3ncc(Br)c(NC4CCNCC4)n3)ccc2N1. The lowest BCUT2D eigenvalue weighted by molar-refractivity contribution is -0.115. The van der Waals surface area contributed by atoms with Crippen LogP contribution in [0.4, 0.5) is 23.1 Å². The summed E-state index contributed by atoms with van der Waals surface area (Å²) in [6.45, 7) is 2.04. The van der Waals surface area contributed by atoms with Gasteiger partial charge in [0.2, 0.25) is 11.9 Å². The van der Waals surface area contributed by atoms with Crippen LogP contribution in [0, 0.1) is 0 Å². The lowest BCUT2D eigenvalue weighted by atomic mass is 10.1. The molecule has 1 aromatic heterocycles. The van der Waals surface area contributed by atoms with Gasteiger partial charge in [-0.15, -0.1) is 0 Å². The number of amides is 1. The number of benzene rings is 1. The van der Waals surface area contributed by atoms with Crippen LogP contribution in [-0.2, 0) is 11.2 Å². The number of rotatable bonds is 4. The summed E-state index contributed by atoms with van der Waals surface area (Å²) in [5.74, 6) is 1.35. The quantitative estimate of drug-likeness (QED) is 0.628. The number of anilines is 4. The molecular weight excluding hydrogens is 384 g/mol. The van der Waals surface area contributed by atoms with Gasteiger partial charge in [0.1, 0.15) is 5.82 Å². The van der Waals surface area contributed by atoms with Gasteiger partial charge in [-0.05, 0) is 65.6 Å². The van der Waals surface area contributed by atoms with E-state index in [-0.39, 0.29) is 5.91 Å². The zero-order chi connectivity index (χ0) is 17.2. The highest BCUT2D eigenvalue weighted by Gasteiger charge is 2.18. The molecule has 7 nitrogen and oxygen atoms in total. The van der Waals surface area contributed by atoms with Gasteiger partial charge in [0.05, 0.1) is 10.9 Å². The molecule has 0 atom stereocenters. The van der Waals surface area contributed by atoms with Crippen LogP contribution >= 0.6 is 15.9 Å². The van der Waals surface area contributed by atoms with E-state index >= 15 is 0 Å². The number of carbonyl (C=O) groups is 1. The number of nitrogens with zero attached hydrogens (tertiary/aromatic N) is 2. The molecule has 25 heavy (non-hydrogen) atoms. The summed E-state index contributed by atoms with van der Waals surface area (Å²) in [4.78, 5) is 20.4. The topological polar surface area (TPSA) is 91.0 Å². The minimum atomic E-state index is 0.0282. The Kier molecular flexibility index (Phi) is 4.54. The molecule has 4 rings (SSSR count).